The lowest BCUT2D eigenvalue weighted by Gasteiger charge is -2.06. The SMILES string of the molecule is CSc1ccccc1C(=O)c1cccc(C)c1. The molecule has 2 aromatic rings. The van der Waals surface area contributed by atoms with E-state index in [0.29, 0.717) is 0 Å². The third-order valence-corrected chi connectivity index (χ3v) is 3.43. The van der Waals surface area contributed by atoms with Crippen LogP contribution in [0, 0.1) is 6.92 Å². The molecule has 0 spiro atoms. The first-order valence-electron chi connectivity index (χ1n) is 5.47. The lowest BCUT2D eigenvalue weighted by atomic mass is 10.0. The van der Waals surface area contributed by atoms with E-state index in [4.69, 9.17) is 0 Å². The number of benzene rings is 2. The molecule has 0 heterocycles. The predicted molar refractivity (Wildman–Crippen MR) is 72.8 cm³/mol. The number of aryl methyl sites for hydroxylation is 1. The van der Waals surface area contributed by atoms with Crippen molar-refractivity contribution in [2.75, 3.05) is 6.26 Å². The number of ketones is 1. The Bertz CT molecular complexity index is 546. The van der Waals surface area contributed by atoms with Crippen molar-refractivity contribution in [3.63, 3.8) is 0 Å². The molecule has 0 fully saturated rings. The highest BCUT2D eigenvalue weighted by Gasteiger charge is 2.12. The van der Waals surface area contributed by atoms with E-state index in [2.05, 4.69) is 0 Å². The Hall–Kier alpha value is -1.54. The van der Waals surface area contributed by atoms with E-state index in [1.54, 1.807) is 11.8 Å². The number of hydrogen-bond acceptors (Lipinski definition) is 2. The lowest BCUT2D eigenvalue weighted by molar-refractivity contribution is 0.103. The zero-order chi connectivity index (χ0) is 12.3. The van der Waals surface area contributed by atoms with Gasteiger partial charge in [0, 0.05) is 16.0 Å². The quantitative estimate of drug-likeness (QED) is 0.599. The molecule has 0 atom stereocenters. The maximum atomic E-state index is 12.4. The largest absolute Gasteiger partial charge is 0.289 e. The molecule has 0 aliphatic carbocycles. The van der Waals surface area contributed by atoms with Crippen LogP contribution in [0.1, 0.15) is 21.5 Å². The molecule has 0 saturated heterocycles. The van der Waals surface area contributed by atoms with E-state index in [0.717, 1.165) is 21.6 Å². The van der Waals surface area contributed by atoms with Crippen LogP contribution in [0.5, 0.6) is 0 Å². The summed E-state index contributed by atoms with van der Waals surface area (Å²) < 4.78 is 0. The predicted octanol–water partition coefficient (Wildman–Crippen LogP) is 3.95. The average molecular weight is 242 g/mol. The molecule has 2 aromatic carbocycles. The summed E-state index contributed by atoms with van der Waals surface area (Å²) in [5.41, 5.74) is 2.65. The Morgan fingerprint density at radius 1 is 1.06 bits per heavy atom. The Labute approximate surface area is 106 Å². The highest BCUT2D eigenvalue weighted by atomic mass is 32.2. The normalized spacial score (nSPS) is 10.2. The minimum absolute atomic E-state index is 0.0960. The zero-order valence-electron chi connectivity index (χ0n) is 9.94. The first-order valence-corrected chi connectivity index (χ1v) is 6.69. The summed E-state index contributed by atoms with van der Waals surface area (Å²) >= 11 is 1.60. The maximum Gasteiger partial charge on any atom is 0.194 e. The monoisotopic (exact) mass is 242 g/mol. The molecule has 0 amide bonds. The van der Waals surface area contributed by atoms with Gasteiger partial charge in [-0.05, 0) is 31.4 Å². The maximum absolute atomic E-state index is 12.4. The van der Waals surface area contributed by atoms with Gasteiger partial charge in [-0.15, -0.1) is 11.8 Å². The molecule has 0 unspecified atom stereocenters. The first-order chi connectivity index (χ1) is 8.22. The zero-order valence-corrected chi connectivity index (χ0v) is 10.8. The van der Waals surface area contributed by atoms with Crippen molar-refractivity contribution >= 4 is 17.5 Å². The second kappa shape index (κ2) is 5.19. The fourth-order valence-electron chi connectivity index (χ4n) is 1.77. The van der Waals surface area contributed by atoms with Gasteiger partial charge in [0.2, 0.25) is 0 Å². The van der Waals surface area contributed by atoms with Crippen molar-refractivity contribution in [2.24, 2.45) is 0 Å². The van der Waals surface area contributed by atoms with E-state index in [9.17, 15) is 4.79 Å². The van der Waals surface area contributed by atoms with Gasteiger partial charge in [0.25, 0.3) is 0 Å². The van der Waals surface area contributed by atoms with Gasteiger partial charge in [-0.25, -0.2) is 0 Å². The third kappa shape index (κ3) is 2.59. The molecule has 0 aliphatic rings. The minimum atomic E-state index is 0.0960. The average Bonchev–Trinajstić information content (AvgIpc) is 2.38. The third-order valence-electron chi connectivity index (χ3n) is 2.63. The highest BCUT2D eigenvalue weighted by Crippen LogP contribution is 2.22. The highest BCUT2D eigenvalue weighted by molar-refractivity contribution is 7.98. The summed E-state index contributed by atoms with van der Waals surface area (Å²) in [6, 6.07) is 15.4. The molecule has 86 valence electrons. The first kappa shape index (κ1) is 11.9. The molecule has 0 bridgehead atoms. The number of hydrogen-bond donors (Lipinski definition) is 0. The van der Waals surface area contributed by atoms with Gasteiger partial charge in [-0.2, -0.15) is 0 Å². The number of thioether (sulfide) groups is 1. The molecular formula is C15H14OS. The van der Waals surface area contributed by atoms with E-state index < -0.39 is 0 Å². The van der Waals surface area contributed by atoms with Gasteiger partial charge in [-0.3, -0.25) is 4.79 Å². The number of carbonyl (C=O) groups is 1. The Balaban J connectivity index is 2.44. The van der Waals surface area contributed by atoms with Crippen LogP contribution in [0.2, 0.25) is 0 Å². The van der Waals surface area contributed by atoms with Gasteiger partial charge < -0.3 is 0 Å². The molecule has 2 rings (SSSR count). The van der Waals surface area contributed by atoms with Crippen molar-refractivity contribution in [1.29, 1.82) is 0 Å². The van der Waals surface area contributed by atoms with Crippen LogP contribution in [0.15, 0.2) is 53.4 Å². The Morgan fingerprint density at radius 3 is 2.53 bits per heavy atom. The van der Waals surface area contributed by atoms with E-state index in [-0.39, 0.29) is 5.78 Å². The van der Waals surface area contributed by atoms with Crippen LogP contribution in [-0.4, -0.2) is 12.0 Å². The molecular weight excluding hydrogens is 228 g/mol. The van der Waals surface area contributed by atoms with Crippen LogP contribution in [0.3, 0.4) is 0 Å². The fraction of sp³-hybridized carbons (Fsp3) is 0.133. The summed E-state index contributed by atoms with van der Waals surface area (Å²) in [6.45, 7) is 2.00. The van der Waals surface area contributed by atoms with E-state index >= 15 is 0 Å². The number of carbonyl (C=O) groups excluding carboxylic acids is 1. The van der Waals surface area contributed by atoms with Crippen LogP contribution in [0.4, 0.5) is 0 Å². The second-order valence-electron chi connectivity index (χ2n) is 3.90. The topological polar surface area (TPSA) is 17.1 Å². The van der Waals surface area contributed by atoms with Crippen molar-refractivity contribution in [3.05, 3.63) is 65.2 Å². The van der Waals surface area contributed by atoms with Gasteiger partial charge in [0.05, 0.1) is 0 Å². The molecule has 0 radical (unpaired) electrons. The Kier molecular flexibility index (Phi) is 3.64. The van der Waals surface area contributed by atoms with Crippen LogP contribution in [0.25, 0.3) is 0 Å². The van der Waals surface area contributed by atoms with Crippen molar-refractivity contribution < 1.29 is 4.79 Å². The van der Waals surface area contributed by atoms with Gasteiger partial charge in [0.15, 0.2) is 5.78 Å². The standard InChI is InChI=1S/C15H14OS/c1-11-6-5-7-12(10-11)15(16)13-8-3-4-9-14(13)17-2/h3-10H,1-2H3. The van der Waals surface area contributed by atoms with Gasteiger partial charge in [0.1, 0.15) is 0 Å². The molecule has 0 saturated carbocycles. The smallest absolute Gasteiger partial charge is 0.194 e. The molecule has 17 heavy (non-hydrogen) atoms. The van der Waals surface area contributed by atoms with E-state index in [1.807, 2.05) is 61.7 Å². The summed E-state index contributed by atoms with van der Waals surface area (Å²) in [4.78, 5) is 13.4. The van der Waals surface area contributed by atoms with Crippen LogP contribution < -0.4 is 0 Å². The minimum Gasteiger partial charge on any atom is -0.289 e. The van der Waals surface area contributed by atoms with Crippen LogP contribution >= 0.6 is 11.8 Å². The summed E-state index contributed by atoms with van der Waals surface area (Å²) in [7, 11) is 0. The van der Waals surface area contributed by atoms with E-state index in [1.165, 1.54) is 0 Å². The summed E-state index contributed by atoms with van der Waals surface area (Å²) in [6.07, 6.45) is 1.99. The molecule has 0 aliphatic heterocycles. The van der Waals surface area contributed by atoms with Crippen molar-refractivity contribution in [1.82, 2.24) is 0 Å². The second-order valence-corrected chi connectivity index (χ2v) is 4.75. The lowest BCUT2D eigenvalue weighted by Crippen LogP contribution is -2.03. The van der Waals surface area contributed by atoms with Gasteiger partial charge >= 0.3 is 0 Å². The van der Waals surface area contributed by atoms with Crippen molar-refractivity contribution in [3.8, 4) is 0 Å². The number of rotatable bonds is 3. The van der Waals surface area contributed by atoms with Gasteiger partial charge in [-0.1, -0.05) is 35.9 Å². The van der Waals surface area contributed by atoms with Crippen molar-refractivity contribution in [2.45, 2.75) is 11.8 Å². The molecule has 2 heteroatoms. The fourth-order valence-corrected chi connectivity index (χ4v) is 2.37. The summed E-state index contributed by atoms with van der Waals surface area (Å²) in [5, 5.41) is 0. The molecule has 0 aromatic heterocycles. The molecule has 0 N–H and O–H groups in total. The van der Waals surface area contributed by atoms with Crippen LogP contribution in [-0.2, 0) is 0 Å². The molecule has 1 nitrogen and oxygen atoms in total. The summed E-state index contributed by atoms with van der Waals surface area (Å²) in [5.74, 6) is 0.0960. The Morgan fingerprint density at radius 2 is 1.82 bits per heavy atom.